The van der Waals surface area contributed by atoms with Crippen molar-refractivity contribution in [3.8, 4) is 0 Å². The van der Waals surface area contributed by atoms with Crippen molar-refractivity contribution in [2.45, 2.75) is 17.7 Å². The maximum absolute atomic E-state index is 11.5. The lowest BCUT2D eigenvalue weighted by Crippen LogP contribution is -2.30. The van der Waals surface area contributed by atoms with E-state index >= 15 is 0 Å². The molecule has 0 spiro atoms. The first kappa shape index (κ1) is 9.77. The third-order valence-electron chi connectivity index (χ3n) is 2.37. The van der Waals surface area contributed by atoms with E-state index in [-0.39, 0.29) is 5.91 Å². The summed E-state index contributed by atoms with van der Waals surface area (Å²) in [7, 11) is 0. The summed E-state index contributed by atoms with van der Waals surface area (Å²) < 4.78 is 4.83. The predicted octanol–water partition coefficient (Wildman–Crippen LogP) is 2.18. The lowest BCUT2D eigenvalue weighted by molar-refractivity contribution is 0.0953. The number of amides is 1. The maximum atomic E-state index is 11.5. The third kappa shape index (κ3) is 2.38. The molecule has 0 saturated heterocycles. The highest BCUT2D eigenvalue weighted by molar-refractivity contribution is 9.09. The number of halogens is 1. The van der Waals surface area contributed by atoms with Crippen molar-refractivity contribution in [3.05, 3.63) is 24.2 Å². The molecule has 1 amide bonds. The minimum absolute atomic E-state index is 0.0659. The molecule has 1 fully saturated rings. The summed E-state index contributed by atoms with van der Waals surface area (Å²) in [5, 5.41) is 2.86. The van der Waals surface area contributed by atoms with Crippen molar-refractivity contribution in [3.63, 3.8) is 0 Å². The van der Waals surface area contributed by atoms with Gasteiger partial charge in [-0.3, -0.25) is 4.79 Å². The first-order valence-electron chi connectivity index (χ1n) is 4.72. The molecule has 1 N–H and O–H groups in total. The highest BCUT2D eigenvalue weighted by atomic mass is 79.9. The molecule has 1 unspecified atom stereocenters. The second-order valence-electron chi connectivity index (χ2n) is 3.58. The molecule has 1 saturated carbocycles. The van der Waals surface area contributed by atoms with Crippen molar-refractivity contribution in [2.75, 3.05) is 6.54 Å². The van der Waals surface area contributed by atoms with Crippen LogP contribution in [-0.4, -0.2) is 17.3 Å². The second-order valence-corrected chi connectivity index (χ2v) is 4.75. The van der Waals surface area contributed by atoms with Crippen LogP contribution in [0.4, 0.5) is 0 Å². The normalized spacial score (nSPS) is 17.8. The van der Waals surface area contributed by atoms with E-state index in [0.29, 0.717) is 16.9 Å². The van der Waals surface area contributed by atoms with Gasteiger partial charge in [-0.2, -0.15) is 0 Å². The SMILES string of the molecule is O=C(NCC(Br)C1CC1)c1ccoc1. The number of nitrogens with one attached hydrogen (secondary N) is 1. The largest absolute Gasteiger partial charge is 0.472 e. The first-order valence-corrected chi connectivity index (χ1v) is 5.63. The van der Waals surface area contributed by atoms with Gasteiger partial charge in [-0.25, -0.2) is 0 Å². The molecule has 1 atom stereocenters. The predicted molar refractivity (Wildman–Crippen MR) is 56.5 cm³/mol. The van der Waals surface area contributed by atoms with Crippen LogP contribution in [0.1, 0.15) is 23.2 Å². The molecule has 0 aromatic carbocycles. The van der Waals surface area contributed by atoms with Crippen LogP contribution in [-0.2, 0) is 0 Å². The van der Waals surface area contributed by atoms with E-state index in [1.165, 1.54) is 25.4 Å². The minimum atomic E-state index is -0.0659. The van der Waals surface area contributed by atoms with Gasteiger partial charge in [0, 0.05) is 11.4 Å². The molecule has 1 aromatic heterocycles. The van der Waals surface area contributed by atoms with Gasteiger partial charge in [0.05, 0.1) is 11.8 Å². The first-order chi connectivity index (χ1) is 6.77. The van der Waals surface area contributed by atoms with Crippen LogP contribution >= 0.6 is 15.9 Å². The average Bonchev–Trinajstić information content (AvgIpc) is 2.90. The zero-order valence-electron chi connectivity index (χ0n) is 7.70. The smallest absolute Gasteiger partial charge is 0.254 e. The summed E-state index contributed by atoms with van der Waals surface area (Å²) in [4.78, 5) is 11.9. The average molecular weight is 258 g/mol. The molecule has 3 nitrogen and oxygen atoms in total. The summed E-state index contributed by atoms with van der Waals surface area (Å²) in [6.07, 6.45) is 5.51. The number of carbonyl (C=O) groups is 1. The number of hydrogen-bond donors (Lipinski definition) is 1. The fourth-order valence-corrected chi connectivity index (χ4v) is 2.00. The summed E-state index contributed by atoms with van der Waals surface area (Å²) in [6, 6.07) is 1.66. The highest BCUT2D eigenvalue weighted by Crippen LogP contribution is 2.36. The third-order valence-corrected chi connectivity index (χ3v) is 3.45. The Balaban J connectivity index is 1.77. The van der Waals surface area contributed by atoms with Crippen molar-refractivity contribution >= 4 is 21.8 Å². The molecule has 0 bridgehead atoms. The molecule has 0 radical (unpaired) electrons. The summed E-state index contributed by atoms with van der Waals surface area (Å²) in [5.74, 6) is 0.684. The zero-order chi connectivity index (χ0) is 9.97. The summed E-state index contributed by atoms with van der Waals surface area (Å²) >= 11 is 3.56. The topological polar surface area (TPSA) is 42.2 Å². The molecule has 1 aliphatic rings. The Hall–Kier alpha value is -0.770. The molecular formula is C10H12BrNO2. The highest BCUT2D eigenvalue weighted by Gasteiger charge is 2.29. The standard InChI is InChI=1S/C10H12BrNO2/c11-9(7-1-2-7)5-12-10(13)8-3-4-14-6-8/h3-4,6-7,9H,1-2,5H2,(H,12,13). The summed E-state index contributed by atoms with van der Waals surface area (Å²) in [6.45, 7) is 0.689. The van der Waals surface area contributed by atoms with Gasteiger partial charge in [-0.05, 0) is 24.8 Å². The molecule has 1 aliphatic carbocycles. The summed E-state index contributed by atoms with van der Waals surface area (Å²) in [5.41, 5.74) is 0.584. The van der Waals surface area contributed by atoms with E-state index in [0.717, 1.165) is 5.92 Å². The lowest BCUT2D eigenvalue weighted by atomic mass is 10.2. The van der Waals surface area contributed by atoms with Gasteiger partial charge in [0.1, 0.15) is 6.26 Å². The number of furan rings is 1. The van der Waals surface area contributed by atoms with Crippen LogP contribution in [0, 0.1) is 5.92 Å². The monoisotopic (exact) mass is 257 g/mol. The van der Waals surface area contributed by atoms with E-state index in [1.54, 1.807) is 6.07 Å². The Morgan fingerprint density at radius 1 is 1.71 bits per heavy atom. The Bertz CT molecular complexity index is 306. The van der Waals surface area contributed by atoms with Crippen molar-refractivity contribution in [1.29, 1.82) is 0 Å². The Labute approximate surface area is 91.0 Å². The molecule has 0 aliphatic heterocycles. The molecule has 1 aromatic rings. The van der Waals surface area contributed by atoms with Crippen LogP contribution in [0.15, 0.2) is 23.0 Å². The zero-order valence-corrected chi connectivity index (χ0v) is 9.29. The number of carbonyl (C=O) groups excluding carboxylic acids is 1. The Morgan fingerprint density at radius 2 is 2.50 bits per heavy atom. The second kappa shape index (κ2) is 4.17. The van der Waals surface area contributed by atoms with Gasteiger partial charge in [-0.15, -0.1) is 0 Å². The lowest BCUT2D eigenvalue weighted by Gasteiger charge is -2.08. The molecule has 4 heteroatoms. The van der Waals surface area contributed by atoms with E-state index in [1.807, 2.05) is 0 Å². The number of hydrogen-bond acceptors (Lipinski definition) is 2. The van der Waals surface area contributed by atoms with Gasteiger partial charge >= 0.3 is 0 Å². The van der Waals surface area contributed by atoms with Gasteiger partial charge < -0.3 is 9.73 Å². The van der Waals surface area contributed by atoms with Crippen LogP contribution in [0.3, 0.4) is 0 Å². The molecular weight excluding hydrogens is 246 g/mol. The quantitative estimate of drug-likeness (QED) is 0.841. The van der Waals surface area contributed by atoms with Crippen LogP contribution in [0.2, 0.25) is 0 Å². The fourth-order valence-electron chi connectivity index (χ4n) is 1.31. The van der Waals surface area contributed by atoms with Crippen LogP contribution in [0.5, 0.6) is 0 Å². The maximum Gasteiger partial charge on any atom is 0.254 e. The molecule has 14 heavy (non-hydrogen) atoms. The number of alkyl halides is 1. The van der Waals surface area contributed by atoms with E-state index < -0.39 is 0 Å². The molecule has 2 rings (SSSR count). The molecule has 76 valence electrons. The van der Waals surface area contributed by atoms with Gasteiger partial charge in [0.15, 0.2) is 0 Å². The van der Waals surface area contributed by atoms with Gasteiger partial charge in [-0.1, -0.05) is 15.9 Å². The van der Waals surface area contributed by atoms with E-state index in [2.05, 4.69) is 21.2 Å². The van der Waals surface area contributed by atoms with Crippen LogP contribution in [0.25, 0.3) is 0 Å². The molecule has 1 heterocycles. The van der Waals surface area contributed by atoms with Crippen molar-refractivity contribution < 1.29 is 9.21 Å². The number of rotatable bonds is 4. The minimum Gasteiger partial charge on any atom is -0.472 e. The Morgan fingerprint density at radius 3 is 3.07 bits per heavy atom. The van der Waals surface area contributed by atoms with Crippen molar-refractivity contribution in [1.82, 2.24) is 5.32 Å². The Kier molecular flexibility index (Phi) is 2.91. The van der Waals surface area contributed by atoms with Crippen molar-refractivity contribution in [2.24, 2.45) is 5.92 Å². The van der Waals surface area contributed by atoms with E-state index in [4.69, 9.17) is 4.42 Å². The fraction of sp³-hybridized carbons (Fsp3) is 0.500. The van der Waals surface area contributed by atoms with Gasteiger partial charge in [0.2, 0.25) is 0 Å². The van der Waals surface area contributed by atoms with Gasteiger partial charge in [0.25, 0.3) is 5.91 Å². The van der Waals surface area contributed by atoms with Crippen LogP contribution < -0.4 is 5.32 Å². The van der Waals surface area contributed by atoms with E-state index in [9.17, 15) is 4.79 Å².